The number of carbonyl (C=O) groups excluding carboxylic acids is 2. The first-order chi connectivity index (χ1) is 17.4. The average molecular weight is 498 g/mol. The van der Waals surface area contributed by atoms with Crippen molar-refractivity contribution >= 4 is 17.6 Å². The second-order valence-corrected chi connectivity index (χ2v) is 10.9. The number of hydrogen-bond donors (Lipinski definition) is 0. The molecule has 6 rings (SSSR count). The van der Waals surface area contributed by atoms with Crippen molar-refractivity contribution in [2.75, 3.05) is 31.3 Å². The number of amides is 1. The molecule has 2 aromatic carbocycles. The molecule has 5 nitrogen and oxygen atoms in total. The van der Waals surface area contributed by atoms with Gasteiger partial charge in [-0.2, -0.15) is 0 Å². The molecule has 1 unspecified atom stereocenters. The number of piperidine rings is 3. The SMILES string of the molecule is O=C(C[N+]12CCC(CC1)C(OC(=O)C1(c3ccccc3)CCCCCC1)C2)N(F)c1cccc(F)c1. The van der Waals surface area contributed by atoms with Crippen molar-refractivity contribution in [3.63, 3.8) is 0 Å². The minimum Gasteiger partial charge on any atom is -0.455 e. The first kappa shape index (κ1) is 24.9. The summed E-state index contributed by atoms with van der Waals surface area (Å²) < 4.78 is 35.1. The second kappa shape index (κ2) is 10.3. The highest BCUT2D eigenvalue weighted by Gasteiger charge is 2.51. The van der Waals surface area contributed by atoms with Crippen LogP contribution in [0.15, 0.2) is 54.6 Å². The molecule has 3 heterocycles. The van der Waals surface area contributed by atoms with E-state index in [4.69, 9.17) is 4.74 Å². The van der Waals surface area contributed by atoms with Crippen LogP contribution in [-0.2, 0) is 19.7 Å². The van der Waals surface area contributed by atoms with E-state index in [-0.39, 0.29) is 35.3 Å². The van der Waals surface area contributed by atoms with Crippen molar-refractivity contribution < 1.29 is 27.7 Å². The first-order valence-corrected chi connectivity index (χ1v) is 13.3. The molecule has 1 saturated carbocycles. The predicted octanol–water partition coefficient (Wildman–Crippen LogP) is 5.49. The third-order valence-corrected chi connectivity index (χ3v) is 8.70. The molecule has 3 saturated heterocycles. The van der Waals surface area contributed by atoms with Gasteiger partial charge in [-0.3, -0.25) is 9.59 Å². The molecule has 1 atom stereocenters. The Morgan fingerprint density at radius 1 is 0.972 bits per heavy atom. The highest BCUT2D eigenvalue weighted by Crippen LogP contribution is 2.42. The highest BCUT2D eigenvalue weighted by atomic mass is 19.2. The number of nitrogens with zero attached hydrogens (tertiary/aromatic N) is 2. The molecule has 0 spiro atoms. The average Bonchev–Trinajstić information content (AvgIpc) is 3.16. The van der Waals surface area contributed by atoms with E-state index in [1.807, 2.05) is 30.3 Å². The third-order valence-electron chi connectivity index (χ3n) is 8.70. The Balaban J connectivity index is 1.31. The molecule has 36 heavy (non-hydrogen) atoms. The van der Waals surface area contributed by atoms with E-state index in [1.165, 1.54) is 18.2 Å². The predicted molar refractivity (Wildman–Crippen MR) is 133 cm³/mol. The second-order valence-electron chi connectivity index (χ2n) is 10.9. The highest BCUT2D eigenvalue weighted by molar-refractivity contribution is 5.92. The summed E-state index contributed by atoms with van der Waals surface area (Å²) in [7, 11) is 0. The van der Waals surface area contributed by atoms with Crippen molar-refractivity contribution in [2.24, 2.45) is 5.92 Å². The van der Waals surface area contributed by atoms with Gasteiger partial charge in [-0.1, -0.05) is 66.6 Å². The summed E-state index contributed by atoms with van der Waals surface area (Å²) in [6.07, 6.45) is 7.23. The Hall–Kier alpha value is -2.80. The van der Waals surface area contributed by atoms with E-state index in [9.17, 15) is 18.5 Å². The van der Waals surface area contributed by atoms with E-state index in [0.29, 0.717) is 11.0 Å². The van der Waals surface area contributed by atoms with Gasteiger partial charge in [0.1, 0.15) is 12.4 Å². The van der Waals surface area contributed by atoms with Crippen molar-refractivity contribution in [3.8, 4) is 0 Å². The maximum absolute atomic E-state index is 14.8. The van der Waals surface area contributed by atoms with Crippen molar-refractivity contribution in [1.29, 1.82) is 0 Å². The zero-order chi connectivity index (χ0) is 25.2. The van der Waals surface area contributed by atoms with Gasteiger partial charge in [0.15, 0.2) is 12.6 Å². The number of esters is 1. The molecule has 2 aromatic rings. The topological polar surface area (TPSA) is 46.6 Å². The van der Waals surface area contributed by atoms with E-state index < -0.39 is 17.1 Å². The zero-order valence-corrected chi connectivity index (χ0v) is 20.7. The fourth-order valence-electron chi connectivity index (χ4n) is 6.62. The van der Waals surface area contributed by atoms with E-state index >= 15 is 0 Å². The van der Waals surface area contributed by atoms with Gasteiger partial charge in [0, 0.05) is 24.8 Å². The minimum absolute atomic E-state index is 0.0301. The quantitative estimate of drug-likeness (QED) is 0.230. The number of hydrogen-bond acceptors (Lipinski definition) is 3. The molecule has 0 radical (unpaired) electrons. The fourth-order valence-corrected chi connectivity index (χ4v) is 6.62. The van der Waals surface area contributed by atoms with Crippen LogP contribution in [0.5, 0.6) is 0 Å². The summed E-state index contributed by atoms with van der Waals surface area (Å²) in [6.45, 7) is 2.00. The number of fused-ring (bicyclic) bond motifs is 3. The molecule has 1 aliphatic carbocycles. The molecule has 7 heteroatoms. The van der Waals surface area contributed by atoms with Gasteiger partial charge in [0.05, 0.1) is 24.2 Å². The summed E-state index contributed by atoms with van der Waals surface area (Å²) >= 11 is 0. The smallest absolute Gasteiger partial charge is 0.317 e. The van der Waals surface area contributed by atoms with E-state index in [1.54, 1.807) is 0 Å². The molecule has 4 aliphatic rings. The first-order valence-electron chi connectivity index (χ1n) is 13.3. The summed E-state index contributed by atoms with van der Waals surface area (Å²) in [4.78, 5) is 26.7. The molecule has 192 valence electrons. The molecule has 0 N–H and O–H groups in total. The van der Waals surface area contributed by atoms with Gasteiger partial charge in [-0.15, -0.1) is 5.12 Å². The number of anilines is 1. The number of halogens is 2. The van der Waals surface area contributed by atoms with E-state index in [0.717, 1.165) is 76.1 Å². The van der Waals surface area contributed by atoms with Crippen LogP contribution in [0.2, 0.25) is 0 Å². The maximum atomic E-state index is 14.8. The van der Waals surface area contributed by atoms with Crippen LogP contribution in [0.25, 0.3) is 0 Å². The van der Waals surface area contributed by atoms with Crippen LogP contribution in [0.4, 0.5) is 14.6 Å². The lowest BCUT2D eigenvalue weighted by Crippen LogP contribution is -2.66. The van der Waals surface area contributed by atoms with Crippen LogP contribution in [0.3, 0.4) is 0 Å². The summed E-state index contributed by atoms with van der Waals surface area (Å²) in [5, 5.41) is 0.0493. The summed E-state index contributed by atoms with van der Waals surface area (Å²) in [5.41, 5.74) is 0.295. The van der Waals surface area contributed by atoms with Crippen LogP contribution in [0, 0.1) is 11.7 Å². The largest absolute Gasteiger partial charge is 0.455 e. The Morgan fingerprint density at radius 2 is 1.67 bits per heavy atom. The number of carbonyl (C=O) groups is 2. The summed E-state index contributed by atoms with van der Waals surface area (Å²) in [5.74, 6) is -1.17. The van der Waals surface area contributed by atoms with Gasteiger partial charge in [-0.05, 0) is 30.5 Å². The molecule has 4 fully saturated rings. The van der Waals surface area contributed by atoms with Gasteiger partial charge < -0.3 is 9.22 Å². The number of benzene rings is 2. The van der Waals surface area contributed by atoms with Gasteiger partial charge in [0.2, 0.25) is 0 Å². The van der Waals surface area contributed by atoms with Crippen LogP contribution in [0.1, 0.15) is 56.9 Å². The standard InChI is InChI=1S/C29H35F2N2O3/c30-24-11-8-12-25(19-24)32(31)27(34)21-33-17-13-22(14-18-33)26(20-33)36-28(35)29(15-6-1-2-7-16-29)23-9-4-3-5-10-23/h3-5,8-12,19,22,26H,1-2,6-7,13-18,20-21H2/q+1. The monoisotopic (exact) mass is 497 g/mol. The van der Waals surface area contributed by atoms with Crippen molar-refractivity contribution in [2.45, 2.75) is 62.9 Å². The van der Waals surface area contributed by atoms with Crippen molar-refractivity contribution in [1.82, 2.24) is 0 Å². The lowest BCUT2D eigenvalue weighted by Gasteiger charge is -2.52. The summed E-state index contributed by atoms with van der Waals surface area (Å²) in [6, 6.07) is 15.0. The molecule has 3 aliphatic heterocycles. The Kier molecular flexibility index (Phi) is 7.11. The third kappa shape index (κ3) is 4.90. The number of quaternary nitrogens is 1. The van der Waals surface area contributed by atoms with Crippen LogP contribution < -0.4 is 5.12 Å². The maximum Gasteiger partial charge on any atom is 0.317 e. The molecule has 1 amide bonds. The Labute approximate surface area is 211 Å². The van der Waals surface area contributed by atoms with Gasteiger partial charge >= 0.3 is 11.9 Å². The lowest BCUT2D eigenvalue weighted by atomic mass is 9.74. The number of ether oxygens (including phenoxy) is 1. The molecular weight excluding hydrogens is 462 g/mol. The van der Waals surface area contributed by atoms with Gasteiger partial charge in [-0.25, -0.2) is 4.39 Å². The van der Waals surface area contributed by atoms with Gasteiger partial charge in [0.25, 0.3) is 0 Å². The van der Waals surface area contributed by atoms with Crippen molar-refractivity contribution in [3.05, 3.63) is 66.0 Å². The molecule has 2 bridgehead atoms. The normalized spacial score (nSPS) is 27.2. The van der Waals surface area contributed by atoms with Crippen LogP contribution >= 0.6 is 0 Å². The number of rotatable bonds is 6. The molecular formula is C29H35F2N2O3+. The van der Waals surface area contributed by atoms with E-state index in [2.05, 4.69) is 0 Å². The van der Waals surface area contributed by atoms with Crippen LogP contribution in [-0.4, -0.2) is 48.6 Å². The zero-order valence-electron chi connectivity index (χ0n) is 20.7. The lowest BCUT2D eigenvalue weighted by molar-refractivity contribution is -0.939. The fraction of sp³-hybridized carbons (Fsp3) is 0.517. The molecule has 0 aromatic heterocycles. The minimum atomic E-state index is -0.699. The Bertz CT molecular complexity index is 1080. The Morgan fingerprint density at radius 3 is 2.33 bits per heavy atom.